The van der Waals surface area contributed by atoms with Crippen LogP contribution in [0.3, 0.4) is 0 Å². The van der Waals surface area contributed by atoms with E-state index in [2.05, 4.69) is 10.6 Å². The first-order chi connectivity index (χ1) is 19.6. The summed E-state index contributed by atoms with van der Waals surface area (Å²) in [7, 11) is 1.29. The first kappa shape index (κ1) is 27.4. The molecule has 0 fully saturated rings. The van der Waals surface area contributed by atoms with Crippen molar-refractivity contribution in [3.8, 4) is 11.1 Å². The van der Waals surface area contributed by atoms with Gasteiger partial charge in [-0.2, -0.15) is 13.2 Å². The zero-order valence-electron chi connectivity index (χ0n) is 21.7. The van der Waals surface area contributed by atoms with Gasteiger partial charge in [0.1, 0.15) is 0 Å². The largest absolute Gasteiger partial charge is 0.467 e. The number of urea groups is 1. The van der Waals surface area contributed by atoms with Gasteiger partial charge in [-0.25, -0.2) is 9.59 Å². The van der Waals surface area contributed by atoms with Gasteiger partial charge in [0.25, 0.3) is 5.91 Å². The molecule has 10 heteroatoms. The number of alkyl halides is 3. The van der Waals surface area contributed by atoms with Gasteiger partial charge >= 0.3 is 18.2 Å². The van der Waals surface area contributed by atoms with Crippen LogP contribution in [-0.2, 0) is 22.3 Å². The molecule has 0 radical (unpaired) electrons. The average molecular weight is 560 g/mol. The van der Waals surface area contributed by atoms with Crippen LogP contribution in [0.2, 0.25) is 0 Å². The number of rotatable bonds is 6. The number of carbonyl (C=O) groups is 3. The second-order valence-electron chi connectivity index (χ2n) is 9.38. The monoisotopic (exact) mass is 559 g/mol. The highest BCUT2D eigenvalue weighted by Crippen LogP contribution is 2.35. The summed E-state index contributed by atoms with van der Waals surface area (Å²) in [5, 5.41) is 4.98. The molecule has 208 valence electrons. The van der Waals surface area contributed by atoms with Crippen LogP contribution < -0.4 is 10.6 Å². The Hall–Kier alpha value is -5.12. The van der Waals surface area contributed by atoms with Gasteiger partial charge in [-0.15, -0.1) is 0 Å². The molecule has 0 aliphatic carbocycles. The van der Waals surface area contributed by atoms with Crippen molar-refractivity contribution in [2.24, 2.45) is 0 Å². The van der Waals surface area contributed by atoms with Crippen LogP contribution >= 0.6 is 0 Å². The molecule has 3 amide bonds. The molecular formula is C31H24F3N3O4. The van der Waals surface area contributed by atoms with E-state index < -0.39 is 29.8 Å². The smallest absolute Gasteiger partial charge is 0.416 e. The third kappa shape index (κ3) is 5.91. The highest BCUT2D eigenvalue weighted by molar-refractivity contribution is 6.02. The van der Waals surface area contributed by atoms with E-state index in [-0.39, 0.29) is 18.1 Å². The summed E-state index contributed by atoms with van der Waals surface area (Å²) in [6.45, 7) is 0.257. The lowest BCUT2D eigenvalue weighted by Gasteiger charge is -2.25. The number of hydrogen-bond acceptors (Lipinski definition) is 4. The quantitative estimate of drug-likeness (QED) is 0.252. The van der Waals surface area contributed by atoms with Gasteiger partial charge in [0.15, 0.2) is 6.04 Å². The third-order valence-corrected chi connectivity index (χ3v) is 6.72. The van der Waals surface area contributed by atoms with Gasteiger partial charge in [0, 0.05) is 23.5 Å². The number of fused-ring (bicyclic) bond motifs is 1. The minimum Gasteiger partial charge on any atom is -0.467 e. The van der Waals surface area contributed by atoms with Gasteiger partial charge in [-0.1, -0.05) is 60.7 Å². The lowest BCUT2D eigenvalue weighted by Crippen LogP contribution is -2.35. The average Bonchev–Trinajstić information content (AvgIpc) is 3.28. The molecule has 4 aromatic carbocycles. The summed E-state index contributed by atoms with van der Waals surface area (Å²) >= 11 is 0. The van der Waals surface area contributed by atoms with E-state index in [1.807, 2.05) is 18.2 Å². The standard InChI is InChI=1S/C31H24F3N3O4/c1-41-29(39)27(20-6-3-2-4-7-20)37-18-22-11-10-21(16-26(22)28(37)38)19-12-14-24(15-13-19)35-30(40)36-25-9-5-8-23(17-25)31(32,33)34/h2-17,27H,18H2,1H3,(H2,35,36,40)/t27-/m0/s1. The van der Waals surface area contributed by atoms with Crippen LogP contribution in [0.4, 0.5) is 29.3 Å². The minimum atomic E-state index is -4.52. The van der Waals surface area contributed by atoms with Crippen molar-refractivity contribution in [1.82, 2.24) is 4.90 Å². The highest BCUT2D eigenvalue weighted by Gasteiger charge is 2.38. The van der Waals surface area contributed by atoms with Crippen molar-refractivity contribution in [3.63, 3.8) is 0 Å². The molecule has 1 heterocycles. The maximum Gasteiger partial charge on any atom is 0.416 e. The molecule has 5 rings (SSSR count). The van der Waals surface area contributed by atoms with Crippen LogP contribution in [-0.4, -0.2) is 29.9 Å². The predicted octanol–water partition coefficient (Wildman–Crippen LogP) is 6.89. The van der Waals surface area contributed by atoms with Gasteiger partial charge in [-0.05, 0) is 58.7 Å². The van der Waals surface area contributed by atoms with E-state index in [0.29, 0.717) is 16.8 Å². The fourth-order valence-corrected chi connectivity index (χ4v) is 4.71. The second-order valence-corrected chi connectivity index (χ2v) is 9.38. The Morgan fingerprint density at radius 3 is 2.20 bits per heavy atom. The number of ether oxygens (including phenoxy) is 1. The minimum absolute atomic E-state index is 0.00694. The van der Waals surface area contributed by atoms with Crippen LogP contribution in [0.5, 0.6) is 0 Å². The number of anilines is 2. The number of nitrogens with zero attached hydrogens (tertiary/aromatic N) is 1. The third-order valence-electron chi connectivity index (χ3n) is 6.72. The Kier molecular flexibility index (Phi) is 7.47. The molecule has 41 heavy (non-hydrogen) atoms. The van der Waals surface area contributed by atoms with Crippen LogP contribution in [0.15, 0.2) is 97.1 Å². The lowest BCUT2D eigenvalue weighted by atomic mass is 10.00. The molecule has 1 atom stereocenters. The van der Waals surface area contributed by atoms with Gasteiger partial charge in [0.2, 0.25) is 0 Å². The summed E-state index contributed by atoms with van der Waals surface area (Å²) < 4.78 is 43.8. The van der Waals surface area contributed by atoms with E-state index >= 15 is 0 Å². The van der Waals surface area contributed by atoms with E-state index in [0.717, 1.165) is 28.8 Å². The van der Waals surface area contributed by atoms with Crippen molar-refractivity contribution in [3.05, 3.63) is 119 Å². The van der Waals surface area contributed by atoms with E-state index in [4.69, 9.17) is 4.74 Å². The van der Waals surface area contributed by atoms with Crippen LogP contribution in [0.1, 0.15) is 33.1 Å². The maximum atomic E-state index is 13.4. The number of halogens is 3. The van der Waals surface area contributed by atoms with Crippen molar-refractivity contribution in [2.75, 3.05) is 17.7 Å². The summed E-state index contributed by atoms with van der Waals surface area (Å²) in [4.78, 5) is 39.9. The molecule has 0 aromatic heterocycles. The zero-order chi connectivity index (χ0) is 29.1. The number of methoxy groups -OCH3 is 1. The van der Waals surface area contributed by atoms with Crippen molar-refractivity contribution < 1.29 is 32.3 Å². The highest BCUT2D eigenvalue weighted by atomic mass is 19.4. The van der Waals surface area contributed by atoms with Crippen LogP contribution in [0.25, 0.3) is 11.1 Å². The maximum absolute atomic E-state index is 13.4. The topological polar surface area (TPSA) is 87.7 Å². The molecule has 4 aromatic rings. The molecule has 0 saturated carbocycles. The Labute approximate surface area is 233 Å². The summed E-state index contributed by atoms with van der Waals surface area (Å²) in [5.41, 5.74) is 3.02. The molecule has 0 spiro atoms. The number of hydrogen-bond donors (Lipinski definition) is 2. The van der Waals surface area contributed by atoms with Crippen molar-refractivity contribution in [1.29, 1.82) is 0 Å². The fraction of sp³-hybridized carbons (Fsp3) is 0.129. The van der Waals surface area contributed by atoms with Crippen molar-refractivity contribution >= 4 is 29.3 Å². The molecule has 0 unspecified atom stereocenters. The van der Waals surface area contributed by atoms with Crippen LogP contribution in [0, 0.1) is 0 Å². The molecule has 7 nitrogen and oxygen atoms in total. The first-order valence-corrected chi connectivity index (χ1v) is 12.6. The molecule has 0 bridgehead atoms. The number of amides is 3. The molecule has 1 aliphatic heterocycles. The number of carbonyl (C=O) groups excluding carboxylic acids is 3. The zero-order valence-corrected chi connectivity index (χ0v) is 21.7. The summed E-state index contributed by atoms with van der Waals surface area (Å²) in [5.74, 6) is -0.816. The second kappa shape index (κ2) is 11.2. The molecule has 2 N–H and O–H groups in total. The Morgan fingerprint density at radius 2 is 1.51 bits per heavy atom. The molecular weight excluding hydrogens is 535 g/mol. The fourth-order valence-electron chi connectivity index (χ4n) is 4.71. The number of benzene rings is 4. The first-order valence-electron chi connectivity index (χ1n) is 12.6. The Bertz CT molecular complexity index is 1610. The number of nitrogens with one attached hydrogen (secondary N) is 2. The molecule has 1 aliphatic rings. The predicted molar refractivity (Wildman–Crippen MR) is 147 cm³/mol. The normalized spacial score (nSPS) is 13.4. The van der Waals surface area contributed by atoms with Gasteiger partial charge < -0.3 is 20.3 Å². The Balaban J connectivity index is 1.29. The van der Waals surface area contributed by atoms with Gasteiger partial charge in [0.05, 0.1) is 12.7 Å². The number of esters is 1. The van der Waals surface area contributed by atoms with E-state index in [1.165, 1.54) is 24.1 Å². The summed E-state index contributed by atoms with van der Waals surface area (Å²) in [6, 6.07) is 24.0. The SMILES string of the molecule is COC(=O)[C@H](c1ccccc1)N1Cc2ccc(-c3ccc(NC(=O)Nc4cccc(C(F)(F)F)c4)cc3)cc2C1=O. The van der Waals surface area contributed by atoms with E-state index in [9.17, 15) is 27.6 Å². The Morgan fingerprint density at radius 1 is 0.829 bits per heavy atom. The lowest BCUT2D eigenvalue weighted by molar-refractivity contribution is -0.146. The van der Waals surface area contributed by atoms with E-state index in [1.54, 1.807) is 54.6 Å². The summed E-state index contributed by atoms with van der Waals surface area (Å²) in [6.07, 6.45) is -4.52. The van der Waals surface area contributed by atoms with Crippen molar-refractivity contribution in [2.45, 2.75) is 18.8 Å². The van der Waals surface area contributed by atoms with Gasteiger partial charge in [-0.3, -0.25) is 4.79 Å². The molecule has 0 saturated heterocycles.